The molecule has 0 N–H and O–H groups in total. The first-order chi connectivity index (χ1) is 32.6. The molecule has 0 radical (unpaired) electrons. The van der Waals surface area contributed by atoms with E-state index >= 15 is 0 Å². The molecular formula is C66H57Cl3SiTi. The molecule has 0 saturated heterocycles. The predicted molar refractivity (Wildman–Crippen MR) is 290 cm³/mol. The summed E-state index contributed by atoms with van der Waals surface area (Å²) in [6.45, 7) is 16.8. The molecule has 0 amide bonds. The van der Waals surface area contributed by atoms with Crippen molar-refractivity contribution >= 4 is 23.6 Å². The van der Waals surface area contributed by atoms with Gasteiger partial charge < -0.3 is 37.2 Å². The van der Waals surface area contributed by atoms with Gasteiger partial charge in [-0.3, -0.25) is 6.08 Å². The zero-order chi connectivity index (χ0) is 46.3. The molecular weight excluding hydrogens is 975 g/mol. The zero-order valence-electron chi connectivity index (χ0n) is 41.4. The predicted octanol–water partition coefficient (Wildman–Crippen LogP) is 6.95. The van der Waals surface area contributed by atoms with Crippen molar-refractivity contribution < 1.29 is 58.9 Å². The van der Waals surface area contributed by atoms with Gasteiger partial charge in [0.1, 0.15) is 8.07 Å². The molecule has 9 aromatic carbocycles. The molecule has 1 aliphatic carbocycles. The third kappa shape index (κ3) is 9.35. The molecule has 10 rings (SSSR count). The zero-order valence-corrected chi connectivity index (χ0v) is 46.2. The van der Waals surface area contributed by atoms with Gasteiger partial charge in [-0.25, -0.2) is 5.57 Å². The van der Waals surface area contributed by atoms with E-state index in [2.05, 4.69) is 273 Å². The van der Waals surface area contributed by atoms with Crippen molar-refractivity contribution in [1.29, 1.82) is 0 Å². The maximum Gasteiger partial charge on any atom is 4.00 e. The summed E-state index contributed by atoms with van der Waals surface area (Å²) >= 11 is 0. The molecule has 5 heteroatoms. The second-order valence-electron chi connectivity index (χ2n) is 18.6. The number of hydrogen-bond donors (Lipinski definition) is 0. The van der Waals surface area contributed by atoms with Gasteiger partial charge in [-0.1, -0.05) is 244 Å². The van der Waals surface area contributed by atoms with Gasteiger partial charge in [-0.05, 0) is 120 Å². The fraction of sp³-hybridized carbons (Fsp3) is 0.121. The number of allylic oxidation sites excluding steroid dienone is 4. The minimum Gasteiger partial charge on any atom is -1.00 e. The number of benzene rings is 9. The van der Waals surface area contributed by atoms with Crippen LogP contribution in [-0.2, 0) is 21.7 Å². The molecule has 9 aromatic rings. The van der Waals surface area contributed by atoms with Crippen molar-refractivity contribution in [2.45, 2.75) is 53.5 Å². The van der Waals surface area contributed by atoms with Crippen LogP contribution in [0.1, 0.15) is 44.4 Å². The average Bonchev–Trinajstić information content (AvgIpc) is 3.58. The molecule has 0 bridgehead atoms. The van der Waals surface area contributed by atoms with E-state index in [1.165, 1.54) is 116 Å². The second kappa shape index (κ2) is 22.8. The summed E-state index contributed by atoms with van der Waals surface area (Å²) in [5.74, 6) is 0. The van der Waals surface area contributed by atoms with Crippen molar-refractivity contribution in [3.8, 4) is 66.8 Å². The summed E-state index contributed by atoms with van der Waals surface area (Å²) in [4.78, 5) is 0. The Hall–Kier alpha value is -5.74. The van der Waals surface area contributed by atoms with Crippen molar-refractivity contribution in [3.63, 3.8) is 0 Å². The maximum absolute atomic E-state index is 4.37. The van der Waals surface area contributed by atoms with Crippen LogP contribution < -0.4 is 52.8 Å². The molecule has 0 aliphatic heterocycles. The van der Waals surface area contributed by atoms with Gasteiger partial charge in [0.2, 0.25) is 0 Å². The normalized spacial score (nSPS) is 14.0. The molecule has 0 nitrogen and oxygen atoms in total. The maximum atomic E-state index is 4.37. The molecule has 0 saturated carbocycles. The van der Waals surface area contributed by atoms with E-state index < -0.39 is 13.1 Å². The third-order valence-electron chi connectivity index (χ3n) is 15.1. The Labute approximate surface area is 457 Å². The minimum absolute atomic E-state index is 0. The summed E-state index contributed by atoms with van der Waals surface area (Å²) in [5.41, 5.74) is 22.8. The standard InChI is InChI=1S/C66H57Si.3ClH.Ti/c1-45-44-66(7,50(6)46(45)2)67(60-41-38-57(51-26-14-8-15-27-51)63(47(60)3)54-32-20-11-21-33-54,61-42-39-58(52-28-16-9-17-29-52)64(48(61)4)55-34-22-12-23-35-55)62-43-40-59(53-30-18-10-19-31-53)65(49(62)5)56-36-24-13-25-37-56;;;;/h8-43H,1-7H3;3*1H;/q-1;;;;+4/p-3. The van der Waals surface area contributed by atoms with E-state index in [9.17, 15) is 0 Å². The quantitative estimate of drug-likeness (QED) is 0.0792. The fourth-order valence-electron chi connectivity index (χ4n) is 11.7. The van der Waals surface area contributed by atoms with Crippen LogP contribution in [0, 0.1) is 26.8 Å². The third-order valence-corrected chi connectivity index (χ3v) is 21.2. The largest absolute Gasteiger partial charge is 4.00 e. The van der Waals surface area contributed by atoms with Crippen LogP contribution in [-0.4, -0.2) is 8.07 Å². The minimum atomic E-state index is -3.45. The van der Waals surface area contributed by atoms with Crippen LogP contribution >= 0.6 is 0 Å². The van der Waals surface area contributed by atoms with Crippen molar-refractivity contribution in [2.75, 3.05) is 0 Å². The van der Waals surface area contributed by atoms with Gasteiger partial charge >= 0.3 is 21.7 Å². The van der Waals surface area contributed by atoms with Gasteiger partial charge in [0.05, 0.1) is 0 Å². The average molecular weight is 1030 g/mol. The molecule has 1 unspecified atom stereocenters. The van der Waals surface area contributed by atoms with E-state index in [0.29, 0.717) is 0 Å². The Morgan fingerprint density at radius 3 is 0.789 bits per heavy atom. The summed E-state index contributed by atoms with van der Waals surface area (Å²) in [6, 6.07) is 81.2. The SMILES string of the molecule is CC1=[C-]C(C)([Si](c2ccc(-c3ccccc3)c(-c3ccccc3)c2C)(c2ccc(-c3ccccc3)c(-c3ccccc3)c2C)c2ccc(-c3ccccc3)c(-c3ccccc3)c2C)C(C)=C1C.[Cl-].[Cl-].[Cl-].[Ti+4]. The number of hydrogen-bond acceptors (Lipinski definition) is 0. The van der Waals surface area contributed by atoms with Crippen molar-refractivity contribution in [2.24, 2.45) is 0 Å². The van der Waals surface area contributed by atoms with E-state index in [4.69, 9.17) is 0 Å². The second-order valence-corrected chi connectivity index (χ2v) is 22.7. The molecule has 0 spiro atoms. The van der Waals surface area contributed by atoms with Crippen LogP contribution in [0.2, 0.25) is 5.04 Å². The van der Waals surface area contributed by atoms with E-state index in [-0.39, 0.29) is 58.9 Å². The molecule has 1 atom stereocenters. The van der Waals surface area contributed by atoms with Crippen LogP contribution in [0.25, 0.3) is 66.8 Å². The van der Waals surface area contributed by atoms with E-state index in [0.717, 1.165) is 0 Å². The summed E-state index contributed by atoms with van der Waals surface area (Å²) in [6.07, 6.45) is 4.37. The molecule has 350 valence electrons. The van der Waals surface area contributed by atoms with Crippen LogP contribution in [0.15, 0.2) is 235 Å². The number of rotatable bonds is 10. The molecule has 1 aliphatic rings. The molecule has 71 heavy (non-hydrogen) atoms. The summed E-state index contributed by atoms with van der Waals surface area (Å²) < 4.78 is 0. The monoisotopic (exact) mass is 1030 g/mol. The van der Waals surface area contributed by atoms with Gasteiger partial charge in [-0.15, -0.1) is 6.92 Å². The van der Waals surface area contributed by atoms with E-state index in [1.54, 1.807) is 0 Å². The van der Waals surface area contributed by atoms with Gasteiger partial charge in [0, 0.05) is 0 Å². The van der Waals surface area contributed by atoms with Gasteiger partial charge in [0.15, 0.2) is 0 Å². The Morgan fingerprint density at radius 1 is 0.324 bits per heavy atom. The number of halogens is 3. The van der Waals surface area contributed by atoms with Crippen molar-refractivity contribution in [1.82, 2.24) is 0 Å². The Bertz CT molecular complexity index is 3020. The first-order valence-electron chi connectivity index (χ1n) is 23.7. The smallest absolute Gasteiger partial charge is 1.00 e. The van der Waals surface area contributed by atoms with Crippen LogP contribution in [0.5, 0.6) is 0 Å². The molecule has 0 fully saturated rings. The Balaban J connectivity index is 0.00000206. The first-order valence-corrected chi connectivity index (χ1v) is 25.7. The van der Waals surface area contributed by atoms with Gasteiger partial charge in [-0.2, -0.15) is 11.1 Å². The Morgan fingerprint density at radius 2 is 0.563 bits per heavy atom. The summed E-state index contributed by atoms with van der Waals surface area (Å²) in [7, 11) is -3.45. The van der Waals surface area contributed by atoms with Crippen LogP contribution in [0.4, 0.5) is 0 Å². The molecule has 0 aromatic heterocycles. The first kappa shape index (κ1) is 54.6. The summed E-state index contributed by atoms with van der Waals surface area (Å²) in [5, 5.41) is 3.72. The topological polar surface area (TPSA) is 0 Å². The van der Waals surface area contributed by atoms with Gasteiger partial charge in [0.25, 0.3) is 0 Å². The molecule has 0 heterocycles. The van der Waals surface area contributed by atoms with E-state index in [1.807, 2.05) is 0 Å². The fourth-order valence-corrected chi connectivity index (χ4v) is 18.4. The van der Waals surface area contributed by atoms with Crippen molar-refractivity contribution in [3.05, 3.63) is 258 Å². The van der Waals surface area contributed by atoms with Crippen LogP contribution in [0.3, 0.4) is 0 Å². The Kier molecular flexibility index (Phi) is 17.5.